The van der Waals surface area contributed by atoms with Crippen LogP contribution < -0.4 is 10.8 Å². The molecule has 1 amide bonds. The Balaban J connectivity index is 2.51. The lowest BCUT2D eigenvalue weighted by molar-refractivity contribution is -0.127. The first kappa shape index (κ1) is 17.1. The van der Waals surface area contributed by atoms with Gasteiger partial charge < -0.3 is 5.32 Å². The van der Waals surface area contributed by atoms with Crippen LogP contribution in [0.4, 0.5) is 5.82 Å². The molecule has 120 valence electrons. The van der Waals surface area contributed by atoms with Crippen molar-refractivity contribution in [3.8, 4) is 0 Å². The number of hydrogen-bond acceptors (Lipinski definition) is 4. The first-order chi connectivity index (χ1) is 10.2. The molecule has 0 aliphatic carbocycles. The molecule has 0 saturated carbocycles. The molecule has 0 spiro atoms. The molecule has 0 fully saturated rings. The average Bonchev–Trinajstić information content (AvgIpc) is 2.73. The molecule has 0 saturated heterocycles. The van der Waals surface area contributed by atoms with Crippen LogP contribution in [0.5, 0.6) is 0 Å². The van der Waals surface area contributed by atoms with Gasteiger partial charge in [0.05, 0.1) is 21.7 Å². The Labute approximate surface area is 142 Å². The summed E-state index contributed by atoms with van der Waals surface area (Å²) in [4.78, 5) is 15.8. The van der Waals surface area contributed by atoms with Gasteiger partial charge >= 0.3 is 0 Å². The summed E-state index contributed by atoms with van der Waals surface area (Å²) < 4.78 is 2.69. The van der Waals surface area contributed by atoms with Crippen LogP contribution >= 0.6 is 27.5 Å². The van der Waals surface area contributed by atoms with Gasteiger partial charge in [0.25, 0.3) is 5.91 Å². The van der Waals surface area contributed by atoms with E-state index in [2.05, 4.69) is 47.0 Å². The maximum Gasteiger partial charge on any atom is 0.262 e. The number of carbonyl (C=O) groups is 1. The van der Waals surface area contributed by atoms with Gasteiger partial charge in [0, 0.05) is 6.20 Å². The third-order valence-electron chi connectivity index (χ3n) is 2.98. The van der Waals surface area contributed by atoms with Gasteiger partial charge in [0.15, 0.2) is 5.65 Å². The normalized spacial score (nSPS) is 11.7. The van der Waals surface area contributed by atoms with Crippen molar-refractivity contribution < 1.29 is 10.0 Å². The van der Waals surface area contributed by atoms with E-state index in [1.807, 2.05) is 4.40 Å². The highest BCUT2D eigenvalue weighted by Gasteiger charge is 2.21. The highest BCUT2D eigenvalue weighted by atomic mass is 79.9. The van der Waals surface area contributed by atoms with E-state index in [0.717, 1.165) is 22.2 Å². The fourth-order valence-electron chi connectivity index (χ4n) is 2.14. The van der Waals surface area contributed by atoms with E-state index in [1.54, 1.807) is 17.7 Å². The van der Waals surface area contributed by atoms with Gasteiger partial charge in [-0.3, -0.25) is 14.4 Å². The molecule has 22 heavy (non-hydrogen) atoms. The number of halogens is 2. The second-order valence-corrected chi connectivity index (χ2v) is 7.52. The molecule has 8 heteroatoms. The summed E-state index contributed by atoms with van der Waals surface area (Å²) in [7, 11) is 0. The Morgan fingerprint density at radius 3 is 2.77 bits per heavy atom. The zero-order chi connectivity index (χ0) is 16.5. The molecule has 2 aromatic rings. The van der Waals surface area contributed by atoms with Crippen LogP contribution in [-0.2, 0) is 11.2 Å². The van der Waals surface area contributed by atoms with Gasteiger partial charge in [-0.1, -0.05) is 32.4 Å². The molecule has 0 bridgehead atoms. The van der Waals surface area contributed by atoms with Crippen molar-refractivity contribution in [1.82, 2.24) is 14.9 Å². The summed E-state index contributed by atoms with van der Waals surface area (Å²) in [6, 6.07) is 1.77. The number of nitrogens with one attached hydrogen (secondary N) is 2. The van der Waals surface area contributed by atoms with Crippen LogP contribution in [0.1, 0.15) is 26.5 Å². The predicted octanol–water partition coefficient (Wildman–Crippen LogP) is 3.26. The number of anilines is 1. The number of carbonyl (C=O) groups excluding carboxylic acids is 1. The van der Waals surface area contributed by atoms with Crippen molar-refractivity contribution in [2.45, 2.75) is 27.2 Å². The molecule has 6 nitrogen and oxygen atoms in total. The van der Waals surface area contributed by atoms with Crippen LogP contribution in [0.15, 0.2) is 16.7 Å². The second kappa shape index (κ2) is 6.44. The Morgan fingerprint density at radius 2 is 2.18 bits per heavy atom. The van der Waals surface area contributed by atoms with Crippen LogP contribution in [0.2, 0.25) is 5.02 Å². The number of aromatic nitrogens is 2. The minimum Gasteiger partial charge on any atom is -0.359 e. The molecule has 2 heterocycles. The molecule has 0 aliphatic rings. The van der Waals surface area contributed by atoms with Crippen molar-refractivity contribution in [1.29, 1.82) is 0 Å². The molecule has 3 N–H and O–H groups in total. The minimum absolute atomic E-state index is 0.0282. The maximum atomic E-state index is 11.2. The van der Waals surface area contributed by atoms with Gasteiger partial charge in [-0.05, 0) is 33.8 Å². The Bertz CT molecular complexity index is 709. The smallest absolute Gasteiger partial charge is 0.262 e. The van der Waals surface area contributed by atoms with E-state index in [-0.39, 0.29) is 12.0 Å². The quantitative estimate of drug-likeness (QED) is 0.554. The van der Waals surface area contributed by atoms with Crippen LogP contribution in [0, 0.1) is 5.41 Å². The van der Waals surface area contributed by atoms with Gasteiger partial charge in [0.1, 0.15) is 5.82 Å². The first-order valence-electron chi connectivity index (χ1n) is 6.74. The fraction of sp³-hybridized carbons (Fsp3) is 0.429. The number of fused-ring (bicyclic) bond motifs is 1. The molecule has 0 aliphatic heterocycles. The Hall–Kier alpha value is -1.31. The first-order valence-corrected chi connectivity index (χ1v) is 7.91. The summed E-state index contributed by atoms with van der Waals surface area (Å²) >= 11 is 9.58. The lowest BCUT2D eigenvalue weighted by Gasteiger charge is -2.19. The maximum absolute atomic E-state index is 11.2. The van der Waals surface area contributed by atoms with E-state index >= 15 is 0 Å². The summed E-state index contributed by atoms with van der Waals surface area (Å²) in [6.07, 6.45) is 2.54. The van der Waals surface area contributed by atoms with E-state index in [0.29, 0.717) is 10.8 Å². The van der Waals surface area contributed by atoms with Crippen molar-refractivity contribution in [3.05, 3.63) is 27.5 Å². The zero-order valence-corrected chi connectivity index (χ0v) is 14.9. The van der Waals surface area contributed by atoms with Gasteiger partial charge in [-0.2, -0.15) is 0 Å². The van der Waals surface area contributed by atoms with Gasteiger partial charge in [-0.25, -0.2) is 10.5 Å². The topological polar surface area (TPSA) is 78.7 Å². The number of hydrogen-bond donors (Lipinski definition) is 3. The molecule has 0 radical (unpaired) electrons. The highest BCUT2D eigenvalue weighted by Crippen LogP contribution is 2.31. The summed E-state index contributed by atoms with van der Waals surface area (Å²) in [5, 5.41) is 12.1. The average molecular weight is 390 g/mol. The lowest BCUT2D eigenvalue weighted by atomic mass is 9.90. The van der Waals surface area contributed by atoms with Gasteiger partial charge in [-0.15, -0.1) is 0 Å². The number of hydroxylamine groups is 1. The molecule has 0 unspecified atom stereocenters. The van der Waals surface area contributed by atoms with E-state index in [4.69, 9.17) is 16.8 Å². The fourth-order valence-corrected chi connectivity index (χ4v) is 3.00. The van der Waals surface area contributed by atoms with E-state index in [1.165, 1.54) is 0 Å². The minimum atomic E-state index is -0.532. The molecule has 2 rings (SSSR count). The second-order valence-electron chi connectivity index (χ2n) is 6.23. The van der Waals surface area contributed by atoms with Crippen LogP contribution in [-0.4, -0.2) is 27.0 Å². The monoisotopic (exact) mass is 388 g/mol. The largest absolute Gasteiger partial charge is 0.359 e. The number of rotatable bonds is 4. The number of imidazole rings is 1. The van der Waals surface area contributed by atoms with Crippen molar-refractivity contribution >= 4 is 44.9 Å². The van der Waals surface area contributed by atoms with Crippen LogP contribution in [0.3, 0.4) is 0 Å². The highest BCUT2D eigenvalue weighted by molar-refractivity contribution is 9.10. The Kier molecular flexibility index (Phi) is 4.99. The number of pyridine rings is 1. The SMILES string of the molecule is CC(C)(C)Cc1c(NCC(=O)NO)nc2c(Br)cc(Cl)cn12. The molecule has 0 aromatic carbocycles. The van der Waals surface area contributed by atoms with E-state index < -0.39 is 5.91 Å². The van der Waals surface area contributed by atoms with E-state index in [9.17, 15) is 4.79 Å². The van der Waals surface area contributed by atoms with Crippen molar-refractivity contribution in [2.24, 2.45) is 5.41 Å². The van der Waals surface area contributed by atoms with Crippen molar-refractivity contribution in [2.75, 3.05) is 11.9 Å². The van der Waals surface area contributed by atoms with Gasteiger partial charge in [0.2, 0.25) is 0 Å². The van der Waals surface area contributed by atoms with Crippen LogP contribution in [0.25, 0.3) is 5.65 Å². The molecular formula is C14H18BrClN4O2. The molecular weight excluding hydrogens is 372 g/mol. The summed E-state index contributed by atoms with van der Waals surface area (Å²) in [6.45, 7) is 6.30. The lowest BCUT2D eigenvalue weighted by Crippen LogP contribution is -2.27. The standard InChI is InChI=1S/C14H18BrClN4O2/c1-14(2,3)5-10-12(17-6-11(21)19-22)18-13-9(15)4-8(16)7-20(10)13/h4,7,17,22H,5-6H2,1-3H3,(H,19,21). The summed E-state index contributed by atoms with van der Waals surface area (Å²) in [5.41, 5.74) is 3.26. The third kappa shape index (κ3) is 3.91. The number of nitrogens with zero attached hydrogens (tertiary/aromatic N) is 2. The zero-order valence-electron chi connectivity index (χ0n) is 12.6. The molecule has 2 aromatic heterocycles. The molecule has 0 atom stereocenters. The summed E-state index contributed by atoms with van der Waals surface area (Å²) in [5.74, 6) is 0.0670. The third-order valence-corrected chi connectivity index (χ3v) is 3.77. The number of amides is 1. The Morgan fingerprint density at radius 1 is 1.50 bits per heavy atom. The van der Waals surface area contributed by atoms with Crippen molar-refractivity contribution in [3.63, 3.8) is 0 Å². The predicted molar refractivity (Wildman–Crippen MR) is 89.5 cm³/mol.